The summed E-state index contributed by atoms with van der Waals surface area (Å²) >= 11 is 0. The zero-order valence-electron chi connectivity index (χ0n) is 17.8. The highest BCUT2D eigenvalue weighted by Gasteiger charge is 2.33. The van der Waals surface area contributed by atoms with Crippen molar-refractivity contribution in [3.63, 3.8) is 0 Å². The lowest BCUT2D eigenvalue weighted by atomic mass is 9.89. The van der Waals surface area contributed by atoms with Gasteiger partial charge in [0.05, 0.1) is 47.3 Å². The number of rotatable bonds is 7. The minimum Gasteiger partial charge on any atom is -0.497 e. The molecule has 0 saturated carbocycles. The molecule has 1 amide bonds. The topological polar surface area (TPSA) is 74.3 Å². The number of carbonyl (C=O) groups excluding carboxylic acids is 2. The van der Waals surface area contributed by atoms with E-state index in [1.807, 2.05) is 36.4 Å². The maximum atomic E-state index is 13.2. The van der Waals surface area contributed by atoms with Gasteiger partial charge in [-0.3, -0.25) is 9.59 Å². The molecule has 1 heterocycles. The molecule has 7 heteroatoms. The van der Waals surface area contributed by atoms with Crippen molar-refractivity contribution >= 4 is 11.9 Å². The monoisotopic (exact) mass is 413 g/mol. The fraction of sp³-hybridized carbons (Fsp3) is 0.391. The van der Waals surface area contributed by atoms with Gasteiger partial charge in [0.1, 0.15) is 5.75 Å². The van der Waals surface area contributed by atoms with Crippen LogP contribution in [0.3, 0.4) is 0 Å². The fourth-order valence-corrected chi connectivity index (χ4v) is 3.81. The van der Waals surface area contributed by atoms with Crippen molar-refractivity contribution in [3.8, 4) is 17.2 Å². The summed E-state index contributed by atoms with van der Waals surface area (Å²) in [6.45, 7) is 0.513. The van der Waals surface area contributed by atoms with E-state index >= 15 is 0 Å². The standard InChI is InChI=1S/C23H27NO6/c1-27-17-7-5-15(6-8-17)11-22(25)24-10-9-16-12-20(28-2)21(29-3)13-18(16)19(24)14-23(26)30-4/h5-8,12-13,19H,9-11,14H2,1-4H3. The third-order valence-corrected chi connectivity index (χ3v) is 5.43. The largest absolute Gasteiger partial charge is 0.497 e. The number of amides is 1. The maximum Gasteiger partial charge on any atom is 0.307 e. The van der Waals surface area contributed by atoms with Gasteiger partial charge >= 0.3 is 5.97 Å². The fourth-order valence-electron chi connectivity index (χ4n) is 3.81. The van der Waals surface area contributed by atoms with E-state index in [2.05, 4.69) is 0 Å². The van der Waals surface area contributed by atoms with Crippen LogP contribution in [0.25, 0.3) is 0 Å². The number of benzene rings is 2. The number of methoxy groups -OCH3 is 4. The molecule has 0 bridgehead atoms. The molecule has 0 N–H and O–H groups in total. The summed E-state index contributed by atoms with van der Waals surface area (Å²) < 4.78 is 20.9. The highest BCUT2D eigenvalue weighted by molar-refractivity contribution is 5.81. The van der Waals surface area contributed by atoms with Crippen LogP contribution in [-0.4, -0.2) is 51.8 Å². The molecule has 0 aromatic heterocycles. The number of hydrogen-bond donors (Lipinski definition) is 0. The highest BCUT2D eigenvalue weighted by atomic mass is 16.5. The van der Waals surface area contributed by atoms with E-state index in [0.29, 0.717) is 24.5 Å². The molecule has 7 nitrogen and oxygen atoms in total. The van der Waals surface area contributed by atoms with E-state index in [4.69, 9.17) is 18.9 Å². The van der Waals surface area contributed by atoms with E-state index in [-0.39, 0.29) is 24.7 Å². The zero-order chi connectivity index (χ0) is 21.7. The lowest BCUT2D eigenvalue weighted by molar-refractivity contribution is -0.144. The summed E-state index contributed by atoms with van der Waals surface area (Å²) in [5, 5.41) is 0. The summed E-state index contributed by atoms with van der Waals surface area (Å²) in [7, 11) is 6.11. The second-order valence-electron chi connectivity index (χ2n) is 7.06. The van der Waals surface area contributed by atoms with E-state index in [1.54, 1.807) is 26.2 Å². The Morgan fingerprint density at radius 3 is 2.23 bits per heavy atom. The van der Waals surface area contributed by atoms with Crippen LogP contribution >= 0.6 is 0 Å². The van der Waals surface area contributed by atoms with Crippen molar-refractivity contribution in [2.75, 3.05) is 35.0 Å². The van der Waals surface area contributed by atoms with Crippen molar-refractivity contribution in [3.05, 3.63) is 53.1 Å². The molecule has 1 aliphatic heterocycles. The average Bonchev–Trinajstić information content (AvgIpc) is 2.78. The lowest BCUT2D eigenvalue weighted by Gasteiger charge is -2.37. The second-order valence-corrected chi connectivity index (χ2v) is 7.06. The molecule has 0 radical (unpaired) electrons. The Morgan fingerprint density at radius 2 is 1.63 bits per heavy atom. The number of carbonyl (C=O) groups is 2. The van der Waals surface area contributed by atoms with Gasteiger partial charge in [0.2, 0.25) is 5.91 Å². The van der Waals surface area contributed by atoms with Crippen LogP contribution < -0.4 is 14.2 Å². The summed E-state index contributed by atoms with van der Waals surface area (Å²) in [4.78, 5) is 27.1. The maximum absolute atomic E-state index is 13.2. The molecule has 0 fully saturated rings. The predicted molar refractivity (Wildman–Crippen MR) is 111 cm³/mol. The first-order valence-corrected chi connectivity index (χ1v) is 9.74. The van der Waals surface area contributed by atoms with Gasteiger partial charge in [0, 0.05) is 6.54 Å². The van der Waals surface area contributed by atoms with Crippen LogP contribution in [0.4, 0.5) is 0 Å². The van der Waals surface area contributed by atoms with Gasteiger partial charge in [-0.1, -0.05) is 12.1 Å². The first-order valence-electron chi connectivity index (χ1n) is 9.74. The zero-order valence-corrected chi connectivity index (χ0v) is 17.8. The molecule has 0 spiro atoms. The van der Waals surface area contributed by atoms with Crippen LogP contribution in [0.1, 0.15) is 29.2 Å². The van der Waals surface area contributed by atoms with Gasteiger partial charge in [0.15, 0.2) is 11.5 Å². The third-order valence-electron chi connectivity index (χ3n) is 5.43. The van der Waals surface area contributed by atoms with E-state index < -0.39 is 6.04 Å². The lowest BCUT2D eigenvalue weighted by Crippen LogP contribution is -2.42. The van der Waals surface area contributed by atoms with Crippen LogP contribution in [0, 0.1) is 0 Å². The molecule has 1 unspecified atom stereocenters. The molecule has 1 atom stereocenters. The second kappa shape index (κ2) is 9.52. The first kappa shape index (κ1) is 21.5. The van der Waals surface area contributed by atoms with Crippen molar-refractivity contribution < 1.29 is 28.5 Å². The molecule has 0 saturated heterocycles. The molecule has 160 valence electrons. The van der Waals surface area contributed by atoms with Gasteiger partial charge in [0.25, 0.3) is 0 Å². The van der Waals surface area contributed by atoms with Crippen molar-refractivity contribution in [1.82, 2.24) is 4.90 Å². The van der Waals surface area contributed by atoms with E-state index in [0.717, 1.165) is 22.4 Å². The first-order chi connectivity index (χ1) is 14.5. The molecule has 3 rings (SSSR count). The van der Waals surface area contributed by atoms with Crippen LogP contribution in [-0.2, 0) is 27.2 Å². The Labute approximate surface area is 176 Å². The van der Waals surface area contributed by atoms with Gasteiger partial charge in [-0.2, -0.15) is 0 Å². The number of nitrogens with zero attached hydrogens (tertiary/aromatic N) is 1. The minimum atomic E-state index is -0.424. The number of esters is 1. The highest BCUT2D eigenvalue weighted by Crippen LogP contribution is 2.39. The third kappa shape index (κ3) is 4.50. The quantitative estimate of drug-likeness (QED) is 0.650. The summed E-state index contributed by atoms with van der Waals surface area (Å²) in [5.41, 5.74) is 2.80. The van der Waals surface area contributed by atoms with E-state index in [1.165, 1.54) is 7.11 Å². The SMILES string of the molecule is COC(=O)CC1c2cc(OC)c(OC)cc2CCN1C(=O)Cc1ccc(OC)cc1. The number of fused-ring (bicyclic) bond motifs is 1. The molecule has 30 heavy (non-hydrogen) atoms. The Kier molecular flexibility index (Phi) is 6.82. The Morgan fingerprint density at radius 1 is 0.967 bits per heavy atom. The smallest absolute Gasteiger partial charge is 0.307 e. The van der Waals surface area contributed by atoms with Gasteiger partial charge in [-0.15, -0.1) is 0 Å². The average molecular weight is 413 g/mol. The van der Waals surface area contributed by atoms with Crippen molar-refractivity contribution in [2.24, 2.45) is 0 Å². The van der Waals surface area contributed by atoms with Crippen LogP contribution in [0.5, 0.6) is 17.2 Å². The molecule has 1 aliphatic rings. The molecule has 2 aromatic rings. The number of ether oxygens (including phenoxy) is 4. The Bertz CT molecular complexity index is 909. The van der Waals surface area contributed by atoms with Crippen molar-refractivity contribution in [1.29, 1.82) is 0 Å². The molecular formula is C23H27NO6. The van der Waals surface area contributed by atoms with Gasteiger partial charge in [-0.05, 0) is 47.4 Å². The molecule has 0 aliphatic carbocycles. The summed E-state index contributed by atoms with van der Waals surface area (Å²) in [6, 6.07) is 10.8. The number of hydrogen-bond acceptors (Lipinski definition) is 6. The Hall–Kier alpha value is -3.22. The minimum absolute atomic E-state index is 0.0468. The van der Waals surface area contributed by atoms with Crippen LogP contribution in [0.15, 0.2) is 36.4 Å². The summed E-state index contributed by atoms with van der Waals surface area (Å²) in [5.74, 6) is 1.52. The Balaban J connectivity index is 1.91. The molecule has 2 aromatic carbocycles. The van der Waals surface area contributed by atoms with E-state index in [9.17, 15) is 9.59 Å². The summed E-state index contributed by atoms with van der Waals surface area (Å²) in [6.07, 6.45) is 0.985. The van der Waals surface area contributed by atoms with Crippen LogP contribution in [0.2, 0.25) is 0 Å². The molecular weight excluding hydrogens is 386 g/mol. The van der Waals surface area contributed by atoms with Crippen molar-refractivity contribution in [2.45, 2.75) is 25.3 Å². The van der Waals surface area contributed by atoms with Gasteiger partial charge < -0.3 is 23.8 Å². The van der Waals surface area contributed by atoms with Gasteiger partial charge in [-0.25, -0.2) is 0 Å². The normalized spacial score (nSPS) is 15.2. The predicted octanol–water partition coefficient (Wildman–Crippen LogP) is 2.94.